The van der Waals surface area contributed by atoms with Gasteiger partial charge in [-0.3, -0.25) is 4.79 Å². The van der Waals surface area contributed by atoms with Crippen LogP contribution in [0.1, 0.15) is 81.9 Å². The van der Waals surface area contributed by atoms with Crippen molar-refractivity contribution in [3.05, 3.63) is 76.3 Å². The first-order valence-corrected chi connectivity index (χ1v) is 14.5. The van der Waals surface area contributed by atoms with Gasteiger partial charge in [0, 0.05) is 23.0 Å². The summed E-state index contributed by atoms with van der Waals surface area (Å²) in [6, 6.07) is 12.6. The van der Waals surface area contributed by atoms with Gasteiger partial charge in [-0.15, -0.1) is 0 Å². The van der Waals surface area contributed by atoms with E-state index in [0.29, 0.717) is 18.9 Å². The van der Waals surface area contributed by atoms with Gasteiger partial charge in [-0.25, -0.2) is 4.79 Å². The highest BCUT2D eigenvalue weighted by atomic mass is 35.5. The van der Waals surface area contributed by atoms with Crippen LogP contribution < -0.4 is 4.74 Å². The Kier molecular flexibility index (Phi) is 9.39. The third-order valence-electron chi connectivity index (χ3n) is 8.04. The van der Waals surface area contributed by atoms with Gasteiger partial charge in [0.05, 0.1) is 13.0 Å². The highest BCUT2D eigenvalue weighted by Crippen LogP contribution is 2.39. The Bertz CT molecular complexity index is 1190. The lowest BCUT2D eigenvalue weighted by molar-refractivity contribution is -0.165. The van der Waals surface area contributed by atoms with Crippen LogP contribution in [0, 0.1) is 0 Å². The van der Waals surface area contributed by atoms with Crippen LogP contribution in [0.5, 0.6) is 5.75 Å². The minimum Gasteiger partial charge on any atom is -0.493 e. The Morgan fingerprint density at radius 1 is 1.18 bits per heavy atom. The van der Waals surface area contributed by atoms with E-state index in [9.17, 15) is 19.8 Å². The third-order valence-corrected chi connectivity index (χ3v) is 8.28. The first kappa shape index (κ1) is 29.2. The topological polar surface area (TPSA) is 87.1 Å². The van der Waals surface area contributed by atoms with E-state index in [-0.39, 0.29) is 22.9 Å². The molecule has 2 aromatic carbocycles. The number of carbonyl (C=O) groups is 2. The second-order valence-corrected chi connectivity index (χ2v) is 11.7. The van der Waals surface area contributed by atoms with Gasteiger partial charge in [-0.2, -0.15) is 0 Å². The Morgan fingerprint density at radius 2 is 1.92 bits per heavy atom. The maximum atomic E-state index is 13.2. The van der Waals surface area contributed by atoms with Crippen molar-refractivity contribution in [2.75, 3.05) is 13.2 Å². The van der Waals surface area contributed by atoms with E-state index < -0.39 is 18.0 Å². The van der Waals surface area contributed by atoms with Gasteiger partial charge < -0.3 is 19.8 Å². The van der Waals surface area contributed by atoms with Crippen molar-refractivity contribution in [2.24, 2.45) is 0 Å². The molecule has 4 rings (SSSR count). The first-order chi connectivity index (χ1) is 18.7. The van der Waals surface area contributed by atoms with E-state index in [1.165, 1.54) is 11.1 Å². The summed E-state index contributed by atoms with van der Waals surface area (Å²) >= 11 is 6.20. The molecule has 0 bridgehead atoms. The van der Waals surface area contributed by atoms with Crippen LogP contribution in [-0.2, 0) is 27.0 Å². The number of carbonyl (C=O) groups excluding carboxylic acids is 1. The molecule has 0 spiro atoms. The van der Waals surface area contributed by atoms with E-state index in [0.717, 1.165) is 56.4 Å². The lowest BCUT2D eigenvalue weighted by Gasteiger charge is -2.36. The number of fused-ring (bicyclic) bond motifs is 1. The summed E-state index contributed by atoms with van der Waals surface area (Å²) in [6.07, 6.45) is 11.5. The molecular formula is C32H40ClNO5. The van der Waals surface area contributed by atoms with Gasteiger partial charge in [0.1, 0.15) is 5.75 Å². The molecule has 2 N–H and O–H groups in total. The molecule has 39 heavy (non-hydrogen) atoms. The fourth-order valence-electron chi connectivity index (χ4n) is 5.47. The number of rotatable bonds is 13. The predicted molar refractivity (Wildman–Crippen MR) is 153 cm³/mol. The molecule has 1 saturated carbocycles. The smallest absolute Gasteiger partial charge is 0.340 e. The number of nitrogens with zero attached hydrogens (tertiary/aromatic N) is 1. The minimum atomic E-state index is -2.32. The molecule has 210 valence electrons. The van der Waals surface area contributed by atoms with Crippen molar-refractivity contribution < 1.29 is 24.5 Å². The summed E-state index contributed by atoms with van der Waals surface area (Å²) in [5, 5.41) is 21.9. The number of aliphatic hydroxyl groups is 1. The summed E-state index contributed by atoms with van der Waals surface area (Å²) in [5.41, 5.74) is 0.177. The van der Waals surface area contributed by atoms with Crippen molar-refractivity contribution in [3.8, 4) is 5.75 Å². The van der Waals surface area contributed by atoms with Crippen LogP contribution in [0.2, 0.25) is 5.02 Å². The number of halogens is 1. The number of carboxylic acid groups (broad SMARTS) is 1. The number of ether oxygens (including phenoxy) is 1. The van der Waals surface area contributed by atoms with Crippen LogP contribution in [0.15, 0.2) is 54.6 Å². The number of aryl methyl sites for hydroxylation is 1. The molecule has 0 heterocycles. The second-order valence-electron chi connectivity index (χ2n) is 11.3. The van der Waals surface area contributed by atoms with E-state index >= 15 is 0 Å². The molecule has 2 aliphatic rings. The number of aliphatic carboxylic acids is 1. The summed E-state index contributed by atoms with van der Waals surface area (Å²) in [5.74, 6) is -1.22. The monoisotopic (exact) mass is 553 g/mol. The first-order valence-electron chi connectivity index (χ1n) is 14.1. The van der Waals surface area contributed by atoms with Crippen molar-refractivity contribution >= 4 is 23.5 Å². The zero-order valence-electron chi connectivity index (χ0n) is 23.0. The molecule has 6 nitrogen and oxygen atoms in total. The average Bonchev–Trinajstić information content (AvgIpc) is 3.75. The zero-order valence-corrected chi connectivity index (χ0v) is 23.8. The van der Waals surface area contributed by atoms with Crippen LogP contribution >= 0.6 is 11.6 Å². The summed E-state index contributed by atoms with van der Waals surface area (Å²) in [4.78, 5) is 27.1. The van der Waals surface area contributed by atoms with Gasteiger partial charge in [0.15, 0.2) is 5.60 Å². The number of carboxylic acids is 1. The molecule has 2 aliphatic carbocycles. The number of unbranched alkanes of at least 4 members (excludes halogenated alkanes) is 2. The lowest BCUT2D eigenvalue weighted by Crippen LogP contribution is -2.43. The van der Waals surface area contributed by atoms with Crippen LogP contribution in [0.25, 0.3) is 0 Å². The molecule has 0 aliphatic heterocycles. The van der Waals surface area contributed by atoms with E-state index in [1.807, 2.05) is 18.2 Å². The molecule has 7 heteroatoms. The lowest BCUT2D eigenvalue weighted by atomic mass is 9.72. The maximum absolute atomic E-state index is 13.2. The zero-order chi connectivity index (χ0) is 28.0. The molecule has 2 atom stereocenters. The molecule has 1 unspecified atom stereocenters. The second kappa shape index (κ2) is 12.6. The third kappa shape index (κ3) is 7.03. The van der Waals surface area contributed by atoms with Crippen molar-refractivity contribution in [1.29, 1.82) is 0 Å². The molecule has 0 aromatic heterocycles. The molecule has 1 fully saturated rings. The summed E-state index contributed by atoms with van der Waals surface area (Å²) < 4.78 is 6.15. The molecule has 1 amide bonds. The van der Waals surface area contributed by atoms with Gasteiger partial charge in [0.2, 0.25) is 5.91 Å². The molecule has 0 radical (unpaired) electrons. The average molecular weight is 554 g/mol. The fraction of sp³-hybridized carbons (Fsp3) is 0.500. The number of benzene rings is 2. The van der Waals surface area contributed by atoms with Crippen molar-refractivity contribution in [3.63, 3.8) is 0 Å². The van der Waals surface area contributed by atoms with Crippen LogP contribution in [0.3, 0.4) is 0 Å². The summed E-state index contributed by atoms with van der Waals surface area (Å²) in [7, 11) is 0. The fourth-order valence-corrected chi connectivity index (χ4v) is 5.67. The van der Waals surface area contributed by atoms with Crippen LogP contribution in [-0.4, -0.2) is 46.2 Å². The highest BCUT2D eigenvalue weighted by molar-refractivity contribution is 6.30. The number of hydrogen-bond acceptors (Lipinski definition) is 4. The summed E-state index contributed by atoms with van der Waals surface area (Å²) in [6.45, 7) is 5.22. The van der Waals surface area contributed by atoms with E-state index in [2.05, 4.69) is 26.0 Å². The Balaban J connectivity index is 1.43. The van der Waals surface area contributed by atoms with E-state index in [4.69, 9.17) is 16.3 Å². The molecule has 0 saturated heterocycles. The molecule has 2 aromatic rings. The maximum Gasteiger partial charge on any atom is 0.340 e. The Labute approximate surface area is 236 Å². The van der Waals surface area contributed by atoms with Crippen molar-refractivity contribution in [1.82, 2.24) is 4.90 Å². The minimum absolute atomic E-state index is 0.115. The molecular weight excluding hydrogens is 514 g/mol. The van der Waals surface area contributed by atoms with Crippen LogP contribution in [0.4, 0.5) is 0 Å². The normalized spacial score (nSPS) is 20.3. The highest BCUT2D eigenvalue weighted by Gasteiger charge is 2.43. The SMILES string of the molecule is CCCC/C=C/CN(C(=O)CC(O)(C(=O)O)c1ccc(OC[C@@]2(C)CCCc3cc(Cl)ccc32)cc1)C1CC1. The van der Waals surface area contributed by atoms with Gasteiger partial charge in [-0.1, -0.05) is 68.6 Å². The van der Waals surface area contributed by atoms with Gasteiger partial charge in [0.25, 0.3) is 0 Å². The van der Waals surface area contributed by atoms with E-state index in [1.54, 1.807) is 29.2 Å². The standard InChI is InChI=1S/C32H40ClNO5/c1-3-4-5-6-7-19-34(26-13-14-26)29(35)21-32(38,30(36)37)24-10-15-27(16-11-24)39-22-31(2)18-8-9-23-20-25(33)12-17-28(23)31/h6-7,10-12,15-17,20,26,38H,3-5,8-9,13-14,18-19,21-22H2,1-2H3,(H,36,37)/b7-6+/t31-,32?/m1/s1. The Morgan fingerprint density at radius 3 is 2.59 bits per heavy atom. The Hall–Kier alpha value is -2.83. The number of amides is 1. The quantitative estimate of drug-likeness (QED) is 0.221. The van der Waals surface area contributed by atoms with Gasteiger partial charge in [-0.05, 0) is 79.5 Å². The van der Waals surface area contributed by atoms with Crippen molar-refractivity contribution in [2.45, 2.75) is 88.7 Å². The number of hydrogen-bond donors (Lipinski definition) is 2. The van der Waals surface area contributed by atoms with Gasteiger partial charge >= 0.3 is 5.97 Å². The largest absolute Gasteiger partial charge is 0.493 e. The number of allylic oxidation sites excluding steroid dienone is 1. The predicted octanol–water partition coefficient (Wildman–Crippen LogP) is 6.41.